The predicted octanol–water partition coefficient (Wildman–Crippen LogP) is 4.71. The van der Waals surface area contributed by atoms with Crippen molar-refractivity contribution in [3.63, 3.8) is 0 Å². The van der Waals surface area contributed by atoms with Crippen LogP contribution in [-0.2, 0) is 9.47 Å². The summed E-state index contributed by atoms with van der Waals surface area (Å²) in [5.74, 6) is 1.21. The normalized spacial score (nSPS) is 29.5. The number of hydrogen-bond donors (Lipinski definition) is 1. The minimum absolute atomic E-state index is 0.0408. The van der Waals surface area contributed by atoms with Gasteiger partial charge >= 0.3 is 6.09 Å². The molecule has 2 fully saturated rings. The number of carbonyl (C=O) groups excluding carboxylic acids is 1. The summed E-state index contributed by atoms with van der Waals surface area (Å²) in [5.41, 5.74) is 2.50. The molecule has 1 aromatic carbocycles. The summed E-state index contributed by atoms with van der Waals surface area (Å²) in [6, 6.07) is 12.8. The highest BCUT2D eigenvalue weighted by Gasteiger charge is 2.40. The number of hydrogen-bond acceptors (Lipinski definition) is 4. The fourth-order valence-electron chi connectivity index (χ4n) is 5.22. The van der Waals surface area contributed by atoms with Crippen molar-refractivity contribution < 1.29 is 14.3 Å². The molecule has 1 aliphatic heterocycles. The summed E-state index contributed by atoms with van der Waals surface area (Å²) in [5, 5.41) is 7.25. The Morgan fingerprint density at radius 1 is 1.17 bits per heavy atom. The van der Waals surface area contributed by atoms with Gasteiger partial charge in [-0.05, 0) is 55.6 Å². The third kappa shape index (κ3) is 4.69. The second kappa shape index (κ2) is 9.65. The molecular weight excluding hydrogens is 378 g/mol. The topological polar surface area (TPSA) is 67.5 Å². The van der Waals surface area contributed by atoms with Crippen LogP contribution >= 0.6 is 0 Å². The number of nitrogens with one attached hydrogen (secondary N) is 1. The summed E-state index contributed by atoms with van der Waals surface area (Å²) in [4.78, 5) is 14.4. The van der Waals surface area contributed by atoms with E-state index in [1.54, 1.807) is 6.20 Å². The van der Waals surface area contributed by atoms with E-state index in [9.17, 15) is 4.79 Å². The van der Waals surface area contributed by atoms with Crippen LogP contribution in [0, 0.1) is 5.92 Å². The van der Waals surface area contributed by atoms with Crippen molar-refractivity contribution in [3.05, 3.63) is 53.9 Å². The molecule has 4 rings (SSSR count). The number of rotatable bonds is 5. The predicted molar refractivity (Wildman–Crippen MR) is 115 cm³/mol. The molecule has 30 heavy (non-hydrogen) atoms. The number of benzene rings is 1. The van der Waals surface area contributed by atoms with Gasteiger partial charge in [-0.1, -0.05) is 37.3 Å². The fourth-order valence-corrected chi connectivity index (χ4v) is 5.22. The van der Waals surface area contributed by atoms with Gasteiger partial charge in [0.05, 0.1) is 25.9 Å². The average Bonchev–Trinajstić information content (AvgIpc) is 3.33. The van der Waals surface area contributed by atoms with E-state index < -0.39 is 0 Å². The number of aromatic amines is 1. The number of amides is 1. The summed E-state index contributed by atoms with van der Waals surface area (Å²) in [6.45, 7) is 3.42. The van der Waals surface area contributed by atoms with E-state index in [0.29, 0.717) is 25.0 Å². The molecule has 1 saturated carbocycles. The van der Waals surface area contributed by atoms with Crippen molar-refractivity contribution in [1.82, 2.24) is 15.1 Å². The molecule has 0 bridgehead atoms. The molecule has 6 heteroatoms. The summed E-state index contributed by atoms with van der Waals surface area (Å²) in [6.07, 6.45) is 7.20. The zero-order valence-electron chi connectivity index (χ0n) is 18.0. The zero-order valence-corrected chi connectivity index (χ0v) is 18.0. The largest absolute Gasteiger partial charge is 0.453 e. The maximum absolute atomic E-state index is 12.5. The van der Waals surface area contributed by atoms with E-state index in [1.807, 2.05) is 11.0 Å². The van der Waals surface area contributed by atoms with Crippen LogP contribution in [0.15, 0.2) is 42.6 Å². The van der Waals surface area contributed by atoms with Crippen LogP contribution in [-0.4, -0.2) is 53.6 Å². The Morgan fingerprint density at radius 3 is 2.60 bits per heavy atom. The van der Waals surface area contributed by atoms with Crippen LogP contribution in [0.1, 0.15) is 62.1 Å². The van der Waals surface area contributed by atoms with Gasteiger partial charge < -0.3 is 14.4 Å². The third-order valence-electron chi connectivity index (χ3n) is 6.81. The molecule has 3 atom stereocenters. The lowest BCUT2D eigenvalue weighted by atomic mass is 9.81. The Morgan fingerprint density at radius 2 is 1.93 bits per heavy atom. The number of H-pyrrole nitrogens is 1. The summed E-state index contributed by atoms with van der Waals surface area (Å²) < 4.78 is 11.5. The Labute approximate surface area is 178 Å². The Kier molecular flexibility index (Phi) is 6.72. The van der Waals surface area contributed by atoms with E-state index in [4.69, 9.17) is 9.47 Å². The van der Waals surface area contributed by atoms with Gasteiger partial charge in [0.25, 0.3) is 0 Å². The molecule has 1 saturated heterocycles. The SMILES string of the molecule is COC(=O)N1C[C@H](C)C[C@H](c2ccn[nH]2)[C@@H]1COC1CCC(c2ccccc2)CC1. The van der Waals surface area contributed by atoms with Crippen molar-refractivity contribution in [2.24, 2.45) is 5.92 Å². The second-order valence-corrected chi connectivity index (χ2v) is 8.87. The molecule has 2 aliphatic rings. The first-order valence-corrected chi connectivity index (χ1v) is 11.2. The van der Waals surface area contributed by atoms with Crippen LogP contribution in [0.4, 0.5) is 4.79 Å². The third-order valence-corrected chi connectivity index (χ3v) is 6.81. The van der Waals surface area contributed by atoms with Gasteiger partial charge in [0.2, 0.25) is 0 Å². The van der Waals surface area contributed by atoms with Crippen molar-refractivity contribution in [3.8, 4) is 0 Å². The van der Waals surface area contributed by atoms with Gasteiger partial charge in [-0.25, -0.2) is 4.79 Å². The number of aromatic nitrogens is 2. The van der Waals surface area contributed by atoms with E-state index in [1.165, 1.54) is 12.7 Å². The quantitative estimate of drug-likeness (QED) is 0.773. The molecule has 6 nitrogen and oxygen atoms in total. The van der Waals surface area contributed by atoms with Gasteiger partial charge in [0.1, 0.15) is 0 Å². The van der Waals surface area contributed by atoms with E-state index in [0.717, 1.165) is 37.8 Å². The molecule has 2 aromatic rings. The maximum Gasteiger partial charge on any atom is 0.409 e. The number of ether oxygens (including phenoxy) is 2. The molecule has 1 N–H and O–H groups in total. The molecule has 2 heterocycles. The molecular formula is C24H33N3O3. The van der Waals surface area contributed by atoms with Gasteiger partial charge in [-0.15, -0.1) is 0 Å². The Hall–Kier alpha value is -2.34. The van der Waals surface area contributed by atoms with Crippen molar-refractivity contribution in [2.45, 2.75) is 63.0 Å². The van der Waals surface area contributed by atoms with Crippen LogP contribution < -0.4 is 0 Å². The first kappa shape index (κ1) is 20.9. The minimum atomic E-state index is -0.271. The minimum Gasteiger partial charge on any atom is -0.453 e. The van der Waals surface area contributed by atoms with Gasteiger partial charge in [0.15, 0.2) is 0 Å². The molecule has 1 aliphatic carbocycles. The number of methoxy groups -OCH3 is 1. The van der Waals surface area contributed by atoms with Crippen LogP contribution in [0.2, 0.25) is 0 Å². The van der Waals surface area contributed by atoms with Gasteiger partial charge in [-0.3, -0.25) is 5.10 Å². The lowest BCUT2D eigenvalue weighted by Crippen LogP contribution is -2.52. The molecule has 0 spiro atoms. The number of nitrogens with zero attached hydrogens (tertiary/aromatic N) is 2. The standard InChI is InChI=1S/C24H33N3O3/c1-17-14-21(22-12-13-25-26-22)23(27(15-17)24(28)29-2)16-30-20-10-8-19(9-11-20)18-6-4-3-5-7-18/h3-7,12-13,17,19-21,23H,8-11,14-16H2,1-2H3,(H,25,26)/t17-,19?,20?,21-,23+/m1/s1. The van der Waals surface area contributed by atoms with Gasteiger partial charge in [-0.2, -0.15) is 5.10 Å². The Balaban J connectivity index is 1.40. The van der Waals surface area contributed by atoms with Crippen LogP contribution in [0.25, 0.3) is 0 Å². The molecule has 0 radical (unpaired) electrons. The highest BCUT2D eigenvalue weighted by Crippen LogP contribution is 2.37. The summed E-state index contributed by atoms with van der Waals surface area (Å²) in [7, 11) is 1.45. The molecule has 1 amide bonds. The highest BCUT2D eigenvalue weighted by atomic mass is 16.5. The maximum atomic E-state index is 12.5. The van der Waals surface area contributed by atoms with Crippen molar-refractivity contribution in [2.75, 3.05) is 20.3 Å². The molecule has 1 aromatic heterocycles. The Bertz CT molecular complexity index is 787. The first-order valence-electron chi connectivity index (χ1n) is 11.2. The average molecular weight is 412 g/mol. The summed E-state index contributed by atoms with van der Waals surface area (Å²) >= 11 is 0. The van der Waals surface area contributed by atoms with E-state index >= 15 is 0 Å². The lowest BCUT2D eigenvalue weighted by Gasteiger charge is -2.43. The zero-order chi connectivity index (χ0) is 20.9. The number of carbonyl (C=O) groups is 1. The fraction of sp³-hybridized carbons (Fsp3) is 0.583. The van der Waals surface area contributed by atoms with Crippen LogP contribution in [0.5, 0.6) is 0 Å². The first-order chi connectivity index (χ1) is 14.7. The highest BCUT2D eigenvalue weighted by molar-refractivity contribution is 5.68. The smallest absolute Gasteiger partial charge is 0.409 e. The number of likely N-dealkylation sites (tertiary alicyclic amines) is 1. The lowest BCUT2D eigenvalue weighted by molar-refractivity contribution is -0.0303. The van der Waals surface area contributed by atoms with E-state index in [2.05, 4.69) is 47.5 Å². The van der Waals surface area contributed by atoms with E-state index in [-0.39, 0.29) is 24.2 Å². The number of piperidine rings is 1. The van der Waals surface area contributed by atoms with Crippen molar-refractivity contribution >= 4 is 6.09 Å². The van der Waals surface area contributed by atoms with Gasteiger partial charge in [0, 0.05) is 24.4 Å². The monoisotopic (exact) mass is 411 g/mol. The van der Waals surface area contributed by atoms with Crippen LogP contribution in [0.3, 0.4) is 0 Å². The molecule has 162 valence electrons. The van der Waals surface area contributed by atoms with Crippen molar-refractivity contribution in [1.29, 1.82) is 0 Å². The second-order valence-electron chi connectivity index (χ2n) is 8.87. The molecule has 0 unspecified atom stereocenters.